The van der Waals surface area contributed by atoms with Gasteiger partial charge in [0.1, 0.15) is 24.5 Å². The molecule has 1 heterocycles. The first-order chi connectivity index (χ1) is 14.0. The monoisotopic (exact) mass is 395 g/mol. The predicted octanol–water partition coefficient (Wildman–Crippen LogP) is 2.84. The fourth-order valence-electron chi connectivity index (χ4n) is 2.84. The van der Waals surface area contributed by atoms with Crippen LogP contribution in [-0.2, 0) is 22.6 Å². The fourth-order valence-corrected chi connectivity index (χ4v) is 2.84. The molecule has 0 aliphatic rings. The minimum Gasteiger partial charge on any atom is -0.497 e. The molecule has 0 bridgehead atoms. The van der Waals surface area contributed by atoms with E-state index in [9.17, 15) is 14.4 Å². The SMILES string of the molecule is CCc1ccc2c(COC(=O)CNC(=O)c3cccc(OC)c3)cc(=O)oc2c1. The molecule has 0 unspecified atom stereocenters. The highest BCUT2D eigenvalue weighted by atomic mass is 16.5. The van der Waals surface area contributed by atoms with E-state index in [0.29, 0.717) is 27.8 Å². The highest BCUT2D eigenvalue weighted by Gasteiger charge is 2.12. The van der Waals surface area contributed by atoms with Crippen molar-refractivity contribution < 1.29 is 23.5 Å². The minimum absolute atomic E-state index is 0.0958. The molecule has 0 aliphatic carbocycles. The Morgan fingerprint density at radius 2 is 1.93 bits per heavy atom. The number of hydrogen-bond donors (Lipinski definition) is 1. The Morgan fingerprint density at radius 1 is 1.10 bits per heavy atom. The molecule has 3 rings (SSSR count). The summed E-state index contributed by atoms with van der Waals surface area (Å²) in [5.41, 5.74) is 1.90. The lowest BCUT2D eigenvalue weighted by atomic mass is 10.1. The number of esters is 1. The van der Waals surface area contributed by atoms with Crippen molar-refractivity contribution >= 4 is 22.8 Å². The summed E-state index contributed by atoms with van der Waals surface area (Å²) in [5, 5.41) is 3.20. The molecule has 0 saturated carbocycles. The normalized spacial score (nSPS) is 10.6. The predicted molar refractivity (Wildman–Crippen MR) is 107 cm³/mol. The average Bonchev–Trinajstić information content (AvgIpc) is 2.75. The van der Waals surface area contributed by atoms with Crippen LogP contribution in [0.1, 0.15) is 28.4 Å². The number of carbonyl (C=O) groups excluding carboxylic acids is 2. The van der Waals surface area contributed by atoms with Crippen molar-refractivity contribution in [3.05, 3.63) is 75.6 Å². The number of amides is 1. The van der Waals surface area contributed by atoms with Crippen molar-refractivity contribution in [3.63, 3.8) is 0 Å². The third-order valence-electron chi connectivity index (χ3n) is 4.42. The minimum atomic E-state index is -0.618. The summed E-state index contributed by atoms with van der Waals surface area (Å²) >= 11 is 0. The van der Waals surface area contributed by atoms with Crippen LogP contribution in [0.3, 0.4) is 0 Å². The zero-order valence-electron chi connectivity index (χ0n) is 16.2. The lowest BCUT2D eigenvalue weighted by Crippen LogP contribution is -2.30. The molecule has 0 atom stereocenters. The second-order valence-corrected chi connectivity index (χ2v) is 6.35. The summed E-state index contributed by atoms with van der Waals surface area (Å²) in [6, 6.07) is 13.5. The maximum absolute atomic E-state index is 12.1. The van der Waals surface area contributed by atoms with Crippen LogP contribution in [-0.4, -0.2) is 25.5 Å². The number of hydrogen-bond acceptors (Lipinski definition) is 6. The van der Waals surface area contributed by atoms with Crippen LogP contribution in [0, 0.1) is 0 Å². The summed E-state index contributed by atoms with van der Waals surface area (Å²) in [4.78, 5) is 36.0. The third kappa shape index (κ3) is 5.01. The lowest BCUT2D eigenvalue weighted by molar-refractivity contribution is -0.143. The van der Waals surface area contributed by atoms with E-state index >= 15 is 0 Å². The molecule has 0 radical (unpaired) electrons. The van der Waals surface area contributed by atoms with Crippen LogP contribution in [0.4, 0.5) is 0 Å². The lowest BCUT2D eigenvalue weighted by Gasteiger charge is -2.09. The van der Waals surface area contributed by atoms with E-state index < -0.39 is 17.5 Å². The van der Waals surface area contributed by atoms with Gasteiger partial charge in [-0.25, -0.2) is 4.79 Å². The molecular formula is C22H21NO6. The first-order valence-electron chi connectivity index (χ1n) is 9.13. The third-order valence-corrected chi connectivity index (χ3v) is 4.42. The van der Waals surface area contributed by atoms with Gasteiger partial charge in [0.05, 0.1) is 7.11 Å². The van der Waals surface area contributed by atoms with Crippen LogP contribution in [0.2, 0.25) is 0 Å². The molecule has 1 amide bonds. The molecule has 1 N–H and O–H groups in total. The quantitative estimate of drug-likeness (QED) is 0.488. The second-order valence-electron chi connectivity index (χ2n) is 6.35. The van der Waals surface area contributed by atoms with Crippen LogP contribution in [0.15, 0.2) is 57.7 Å². The second kappa shape index (κ2) is 9.05. The van der Waals surface area contributed by atoms with Crippen molar-refractivity contribution in [1.29, 1.82) is 0 Å². The first kappa shape index (κ1) is 20.1. The Hall–Kier alpha value is -3.61. The van der Waals surface area contributed by atoms with E-state index in [2.05, 4.69) is 5.32 Å². The highest BCUT2D eigenvalue weighted by molar-refractivity contribution is 5.96. The number of aryl methyl sites for hydroxylation is 1. The van der Waals surface area contributed by atoms with Gasteiger partial charge >= 0.3 is 11.6 Å². The Balaban J connectivity index is 1.62. The van der Waals surface area contributed by atoms with Gasteiger partial charge < -0.3 is 19.2 Å². The zero-order chi connectivity index (χ0) is 20.8. The van der Waals surface area contributed by atoms with Gasteiger partial charge in [-0.3, -0.25) is 9.59 Å². The van der Waals surface area contributed by atoms with Crippen molar-refractivity contribution in [3.8, 4) is 5.75 Å². The molecule has 7 heteroatoms. The summed E-state index contributed by atoms with van der Waals surface area (Å²) in [6.07, 6.45) is 0.811. The molecule has 7 nitrogen and oxygen atoms in total. The number of benzene rings is 2. The molecule has 2 aromatic carbocycles. The smallest absolute Gasteiger partial charge is 0.336 e. The number of rotatable bonds is 7. The molecule has 0 aliphatic heterocycles. The Kier molecular flexibility index (Phi) is 6.29. The van der Waals surface area contributed by atoms with Crippen molar-refractivity contribution in [2.45, 2.75) is 20.0 Å². The zero-order valence-corrected chi connectivity index (χ0v) is 16.2. The van der Waals surface area contributed by atoms with Gasteiger partial charge in [-0.15, -0.1) is 0 Å². The highest BCUT2D eigenvalue weighted by Crippen LogP contribution is 2.20. The van der Waals surface area contributed by atoms with E-state index in [4.69, 9.17) is 13.9 Å². The van der Waals surface area contributed by atoms with Crippen LogP contribution >= 0.6 is 0 Å². The van der Waals surface area contributed by atoms with Crippen LogP contribution < -0.4 is 15.7 Å². The summed E-state index contributed by atoms with van der Waals surface area (Å²) in [7, 11) is 1.51. The van der Waals surface area contributed by atoms with E-state index in [-0.39, 0.29) is 13.2 Å². The van der Waals surface area contributed by atoms with Gasteiger partial charge in [0.2, 0.25) is 0 Å². The molecule has 0 fully saturated rings. The largest absolute Gasteiger partial charge is 0.497 e. The van der Waals surface area contributed by atoms with Gasteiger partial charge in [0.25, 0.3) is 5.91 Å². The maximum atomic E-state index is 12.1. The Morgan fingerprint density at radius 3 is 2.69 bits per heavy atom. The number of methoxy groups -OCH3 is 1. The van der Waals surface area contributed by atoms with Crippen molar-refractivity contribution in [2.75, 3.05) is 13.7 Å². The van der Waals surface area contributed by atoms with Gasteiger partial charge in [0, 0.05) is 22.6 Å². The molecule has 0 spiro atoms. The molecule has 29 heavy (non-hydrogen) atoms. The van der Waals surface area contributed by atoms with Gasteiger partial charge in [-0.05, 0) is 36.2 Å². The van der Waals surface area contributed by atoms with Gasteiger partial charge in [0.15, 0.2) is 0 Å². The van der Waals surface area contributed by atoms with E-state index in [0.717, 1.165) is 12.0 Å². The van der Waals surface area contributed by atoms with E-state index in [1.54, 1.807) is 30.3 Å². The maximum Gasteiger partial charge on any atom is 0.336 e. The molecule has 0 saturated heterocycles. The average molecular weight is 395 g/mol. The van der Waals surface area contributed by atoms with Gasteiger partial charge in [-0.2, -0.15) is 0 Å². The van der Waals surface area contributed by atoms with Crippen molar-refractivity contribution in [1.82, 2.24) is 5.32 Å². The number of ether oxygens (including phenoxy) is 2. The molecule has 3 aromatic rings. The van der Waals surface area contributed by atoms with E-state index in [1.807, 2.05) is 19.1 Å². The molecular weight excluding hydrogens is 374 g/mol. The topological polar surface area (TPSA) is 94.8 Å². The molecule has 1 aromatic heterocycles. The Bertz CT molecular complexity index is 1100. The van der Waals surface area contributed by atoms with Gasteiger partial charge in [-0.1, -0.05) is 25.1 Å². The fraction of sp³-hybridized carbons (Fsp3) is 0.227. The summed E-state index contributed by atoms with van der Waals surface area (Å²) in [5.74, 6) is -0.493. The summed E-state index contributed by atoms with van der Waals surface area (Å²) < 4.78 is 15.5. The standard InChI is InChI=1S/C22H21NO6/c1-3-14-7-8-18-16(11-20(24)29-19(18)9-14)13-28-21(25)12-23-22(26)15-5-4-6-17(10-15)27-2/h4-11H,3,12-13H2,1-2H3,(H,23,26). The van der Waals surface area contributed by atoms with E-state index in [1.165, 1.54) is 13.2 Å². The first-order valence-corrected chi connectivity index (χ1v) is 9.13. The summed E-state index contributed by atoms with van der Waals surface area (Å²) in [6.45, 7) is 1.61. The van der Waals surface area contributed by atoms with Crippen LogP contribution in [0.5, 0.6) is 5.75 Å². The number of carbonyl (C=O) groups is 2. The number of fused-ring (bicyclic) bond motifs is 1. The number of nitrogens with one attached hydrogen (secondary N) is 1. The van der Waals surface area contributed by atoms with Crippen molar-refractivity contribution in [2.24, 2.45) is 0 Å². The Labute approximate surface area is 167 Å². The molecule has 150 valence electrons. The van der Waals surface area contributed by atoms with Crippen LogP contribution in [0.25, 0.3) is 11.0 Å².